The van der Waals surface area contributed by atoms with Crippen LogP contribution in [0.1, 0.15) is 38.7 Å². The molecule has 0 bridgehead atoms. The molecule has 2 heteroatoms. The summed E-state index contributed by atoms with van der Waals surface area (Å²) in [5.41, 5.74) is 1.40. The number of hydrogen-bond acceptors (Lipinski definition) is 2. The molecule has 2 rings (SSSR count). The normalized spacial score (nSPS) is 13.2. The van der Waals surface area contributed by atoms with Gasteiger partial charge in [-0.25, -0.2) is 0 Å². The molecule has 2 aromatic rings. The van der Waals surface area contributed by atoms with Crippen LogP contribution in [0, 0.1) is 0 Å². The van der Waals surface area contributed by atoms with Gasteiger partial charge >= 0.3 is 0 Å². The van der Waals surface area contributed by atoms with Gasteiger partial charge in [0.1, 0.15) is 0 Å². The summed E-state index contributed by atoms with van der Waals surface area (Å²) in [6.45, 7) is 11.3. The fourth-order valence-electron chi connectivity index (χ4n) is 3.15. The van der Waals surface area contributed by atoms with E-state index in [0.717, 1.165) is 39.3 Å². The zero-order chi connectivity index (χ0) is 17.2. The number of allylic oxidation sites excluding steroid dienone is 2. The standard InChI is InChI=1S/C22H31NO/c1-4-7-11-20(18-24-17-16-23(5-2)6-3)22-15-10-13-19-12-8-9-14-21(19)22/h4,7-10,12-15,20H,5-6,11,16-18H2,1-3H3. The molecule has 1 atom stereocenters. The van der Waals surface area contributed by atoms with Gasteiger partial charge in [0, 0.05) is 12.5 Å². The first kappa shape index (κ1) is 18.7. The van der Waals surface area contributed by atoms with E-state index in [4.69, 9.17) is 4.74 Å². The second-order valence-electron chi connectivity index (χ2n) is 6.17. The molecule has 0 amide bonds. The van der Waals surface area contributed by atoms with Crippen molar-refractivity contribution >= 4 is 10.8 Å². The molecule has 0 saturated carbocycles. The molecule has 24 heavy (non-hydrogen) atoms. The summed E-state index contributed by atoms with van der Waals surface area (Å²) >= 11 is 0. The number of rotatable bonds is 10. The van der Waals surface area contributed by atoms with Gasteiger partial charge in [-0.2, -0.15) is 0 Å². The van der Waals surface area contributed by atoms with Crippen LogP contribution in [0.4, 0.5) is 0 Å². The molecular weight excluding hydrogens is 294 g/mol. The summed E-state index contributed by atoms with van der Waals surface area (Å²) < 4.78 is 6.05. The van der Waals surface area contributed by atoms with Gasteiger partial charge in [0.2, 0.25) is 0 Å². The molecule has 0 spiro atoms. The fraction of sp³-hybridized carbons (Fsp3) is 0.455. The van der Waals surface area contributed by atoms with Gasteiger partial charge in [0.25, 0.3) is 0 Å². The van der Waals surface area contributed by atoms with Crippen LogP contribution in [0.25, 0.3) is 10.8 Å². The minimum Gasteiger partial charge on any atom is -0.379 e. The van der Waals surface area contributed by atoms with Crippen LogP contribution in [0.2, 0.25) is 0 Å². The van der Waals surface area contributed by atoms with Crippen molar-refractivity contribution in [3.63, 3.8) is 0 Å². The van der Waals surface area contributed by atoms with Gasteiger partial charge < -0.3 is 9.64 Å². The first-order valence-electron chi connectivity index (χ1n) is 9.19. The number of nitrogens with zero attached hydrogens (tertiary/aromatic N) is 1. The molecule has 130 valence electrons. The van der Waals surface area contributed by atoms with Crippen LogP contribution in [0.15, 0.2) is 54.6 Å². The Hall–Kier alpha value is -1.64. The van der Waals surface area contributed by atoms with Crippen LogP contribution in [0.3, 0.4) is 0 Å². The number of benzene rings is 2. The van der Waals surface area contributed by atoms with Crippen LogP contribution in [-0.2, 0) is 4.74 Å². The molecule has 0 aliphatic carbocycles. The molecule has 0 radical (unpaired) electrons. The van der Waals surface area contributed by atoms with Crippen molar-refractivity contribution in [1.82, 2.24) is 4.90 Å². The largest absolute Gasteiger partial charge is 0.379 e. The smallest absolute Gasteiger partial charge is 0.0593 e. The Bertz CT molecular complexity index is 625. The van der Waals surface area contributed by atoms with E-state index >= 15 is 0 Å². The van der Waals surface area contributed by atoms with E-state index in [1.165, 1.54) is 16.3 Å². The monoisotopic (exact) mass is 325 g/mol. The average molecular weight is 325 g/mol. The topological polar surface area (TPSA) is 12.5 Å². The molecular formula is C22H31NO. The van der Waals surface area contributed by atoms with E-state index in [0.29, 0.717) is 5.92 Å². The zero-order valence-electron chi connectivity index (χ0n) is 15.4. The van der Waals surface area contributed by atoms with Crippen molar-refractivity contribution in [3.05, 3.63) is 60.2 Å². The second-order valence-corrected chi connectivity index (χ2v) is 6.17. The van der Waals surface area contributed by atoms with Gasteiger partial charge in [-0.1, -0.05) is 68.5 Å². The summed E-state index contributed by atoms with van der Waals surface area (Å²) in [6.07, 6.45) is 5.41. The first-order valence-corrected chi connectivity index (χ1v) is 9.19. The molecule has 2 aromatic carbocycles. The van der Waals surface area contributed by atoms with E-state index in [1.54, 1.807) is 0 Å². The van der Waals surface area contributed by atoms with Crippen LogP contribution >= 0.6 is 0 Å². The third-order valence-corrected chi connectivity index (χ3v) is 4.68. The van der Waals surface area contributed by atoms with E-state index in [9.17, 15) is 0 Å². The molecule has 2 nitrogen and oxygen atoms in total. The van der Waals surface area contributed by atoms with Crippen molar-refractivity contribution in [2.24, 2.45) is 0 Å². The molecule has 0 aliphatic heterocycles. The number of likely N-dealkylation sites (N-methyl/N-ethyl adjacent to an activating group) is 1. The lowest BCUT2D eigenvalue weighted by Crippen LogP contribution is -2.27. The van der Waals surface area contributed by atoms with Gasteiger partial charge in [0.05, 0.1) is 13.2 Å². The van der Waals surface area contributed by atoms with E-state index < -0.39 is 0 Å². The van der Waals surface area contributed by atoms with Crippen molar-refractivity contribution in [2.45, 2.75) is 33.1 Å². The maximum Gasteiger partial charge on any atom is 0.0593 e. The molecule has 0 fully saturated rings. The summed E-state index contributed by atoms with van der Waals surface area (Å²) in [4.78, 5) is 2.40. The zero-order valence-corrected chi connectivity index (χ0v) is 15.4. The van der Waals surface area contributed by atoms with Crippen molar-refractivity contribution < 1.29 is 4.74 Å². The SMILES string of the molecule is CC=CCC(COCCN(CC)CC)c1cccc2ccccc12. The predicted octanol–water partition coefficient (Wildman–Crippen LogP) is 5.25. The first-order chi connectivity index (χ1) is 11.8. The molecule has 0 aliphatic rings. The molecule has 0 saturated heterocycles. The lowest BCUT2D eigenvalue weighted by atomic mass is 9.91. The molecule has 0 aromatic heterocycles. The third kappa shape index (κ3) is 5.19. The van der Waals surface area contributed by atoms with Gasteiger partial charge in [-0.3, -0.25) is 0 Å². The maximum atomic E-state index is 6.05. The Labute approximate surface area is 147 Å². The highest BCUT2D eigenvalue weighted by molar-refractivity contribution is 5.86. The highest BCUT2D eigenvalue weighted by atomic mass is 16.5. The summed E-state index contributed by atoms with van der Waals surface area (Å²) in [7, 11) is 0. The lowest BCUT2D eigenvalue weighted by Gasteiger charge is -2.21. The van der Waals surface area contributed by atoms with Crippen LogP contribution in [-0.4, -0.2) is 37.7 Å². The Morgan fingerprint density at radius 3 is 2.54 bits per heavy atom. The Kier molecular flexibility index (Phi) is 8.00. The van der Waals surface area contributed by atoms with Crippen molar-refractivity contribution in [2.75, 3.05) is 32.8 Å². The van der Waals surface area contributed by atoms with Gasteiger partial charge in [-0.15, -0.1) is 0 Å². The molecule has 0 N–H and O–H groups in total. The highest BCUT2D eigenvalue weighted by Crippen LogP contribution is 2.28. The maximum absolute atomic E-state index is 6.05. The number of hydrogen-bond donors (Lipinski definition) is 0. The summed E-state index contributed by atoms with van der Waals surface area (Å²) in [5.74, 6) is 0.406. The summed E-state index contributed by atoms with van der Waals surface area (Å²) in [5, 5.41) is 2.66. The predicted molar refractivity (Wildman–Crippen MR) is 105 cm³/mol. The molecule has 1 unspecified atom stereocenters. The van der Waals surface area contributed by atoms with Crippen LogP contribution in [0.5, 0.6) is 0 Å². The average Bonchev–Trinajstić information content (AvgIpc) is 2.64. The van der Waals surface area contributed by atoms with Crippen LogP contribution < -0.4 is 0 Å². The Balaban J connectivity index is 2.07. The number of fused-ring (bicyclic) bond motifs is 1. The quantitative estimate of drug-likeness (QED) is 0.437. The highest BCUT2D eigenvalue weighted by Gasteiger charge is 2.13. The third-order valence-electron chi connectivity index (χ3n) is 4.68. The second kappa shape index (κ2) is 10.3. The van der Waals surface area contributed by atoms with Gasteiger partial charge in [-0.05, 0) is 42.8 Å². The summed E-state index contributed by atoms with van der Waals surface area (Å²) in [6, 6.07) is 15.2. The van der Waals surface area contributed by atoms with Crippen molar-refractivity contribution in [1.29, 1.82) is 0 Å². The minimum atomic E-state index is 0.406. The minimum absolute atomic E-state index is 0.406. The van der Waals surface area contributed by atoms with Gasteiger partial charge in [0.15, 0.2) is 0 Å². The fourth-order valence-corrected chi connectivity index (χ4v) is 3.15. The Morgan fingerprint density at radius 1 is 1.04 bits per heavy atom. The molecule has 0 heterocycles. The van der Waals surface area contributed by atoms with E-state index in [2.05, 4.69) is 80.3 Å². The van der Waals surface area contributed by atoms with E-state index in [-0.39, 0.29) is 0 Å². The van der Waals surface area contributed by atoms with E-state index in [1.807, 2.05) is 0 Å². The lowest BCUT2D eigenvalue weighted by molar-refractivity contribution is 0.0964. The van der Waals surface area contributed by atoms with Crippen molar-refractivity contribution in [3.8, 4) is 0 Å². The number of ether oxygens (including phenoxy) is 1. The Morgan fingerprint density at radius 2 is 1.79 bits per heavy atom.